The van der Waals surface area contributed by atoms with Crippen LogP contribution in [0.15, 0.2) is 109 Å². The van der Waals surface area contributed by atoms with Crippen LogP contribution in [0.2, 0.25) is 0 Å². The van der Waals surface area contributed by atoms with Gasteiger partial charge in [-0.05, 0) is 36.4 Å². The lowest BCUT2D eigenvalue weighted by Crippen LogP contribution is -1.96. The highest BCUT2D eigenvalue weighted by Crippen LogP contribution is 2.33. The maximum absolute atomic E-state index is 10.4. The minimum absolute atomic E-state index is 0.170. The molecule has 0 aliphatic rings. The SMILES string of the molecule is Oc1ccccc1-c1cc(-c2ccccc2)nc(-c2cccc(Oc3ccccn3)c2)n1. The lowest BCUT2D eigenvalue weighted by atomic mass is 10.1. The Balaban J connectivity index is 1.61. The zero-order valence-corrected chi connectivity index (χ0v) is 17.1. The molecule has 3 aromatic carbocycles. The Hall–Kier alpha value is -4.51. The van der Waals surface area contributed by atoms with Crippen molar-refractivity contribution in [1.29, 1.82) is 0 Å². The summed E-state index contributed by atoms with van der Waals surface area (Å²) in [5.41, 5.74) is 3.82. The van der Waals surface area contributed by atoms with E-state index < -0.39 is 0 Å². The molecule has 0 unspecified atom stereocenters. The number of rotatable bonds is 5. The molecule has 0 bridgehead atoms. The van der Waals surface area contributed by atoms with Gasteiger partial charge in [-0.15, -0.1) is 0 Å². The van der Waals surface area contributed by atoms with Crippen LogP contribution in [0.1, 0.15) is 0 Å². The third kappa shape index (κ3) is 4.18. The van der Waals surface area contributed by atoms with E-state index in [9.17, 15) is 5.11 Å². The number of benzene rings is 3. The molecule has 5 rings (SSSR count). The summed E-state index contributed by atoms with van der Waals surface area (Å²) in [6, 6.07) is 32.1. The second kappa shape index (κ2) is 8.70. The van der Waals surface area contributed by atoms with Crippen LogP contribution in [0.25, 0.3) is 33.9 Å². The molecule has 0 aliphatic heterocycles. The summed E-state index contributed by atoms with van der Waals surface area (Å²) in [6.45, 7) is 0. The van der Waals surface area contributed by atoms with Gasteiger partial charge >= 0.3 is 0 Å². The molecule has 32 heavy (non-hydrogen) atoms. The summed E-state index contributed by atoms with van der Waals surface area (Å²) in [6.07, 6.45) is 1.68. The lowest BCUT2D eigenvalue weighted by molar-refractivity contribution is 0.463. The van der Waals surface area contributed by atoms with Crippen molar-refractivity contribution in [2.45, 2.75) is 0 Å². The Labute approximate surface area is 185 Å². The average Bonchev–Trinajstić information content (AvgIpc) is 2.85. The van der Waals surface area contributed by atoms with E-state index in [-0.39, 0.29) is 5.75 Å². The number of phenolic OH excluding ortho intramolecular Hbond substituents is 1. The predicted octanol–water partition coefficient (Wildman–Crippen LogP) is 6.37. The summed E-state index contributed by atoms with van der Waals surface area (Å²) in [4.78, 5) is 13.8. The number of pyridine rings is 1. The first-order chi connectivity index (χ1) is 15.8. The Kier molecular flexibility index (Phi) is 5.29. The summed E-state index contributed by atoms with van der Waals surface area (Å²) in [5.74, 6) is 1.86. The lowest BCUT2D eigenvalue weighted by Gasteiger charge is -2.11. The Bertz CT molecular complexity index is 1360. The Morgan fingerprint density at radius 3 is 2.19 bits per heavy atom. The van der Waals surface area contributed by atoms with Gasteiger partial charge in [0.1, 0.15) is 11.5 Å². The molecule has 0 atom stereocenters. The molecule has 0 saturated heterocycles. The molecule has 154 valence electrons. The zero-order valence-electron chi connectivity index (χ0n) is 17.1. The second-order valence-corrected chi connectivity index (χ2v) is 7.14. The van der Waals surface area contributed by atoms with Crippen molar-refractivity contribution in [2.75, 3.05) is 0 Å². The molecule has 0 aliphatic carbocycles. The van der Waals surface area contributed by atoms with Gasteiger partial charge in [-0.3, -0.25) is 0 Å². The standard InChI is InChI=1S/C27H19N3O2/c31-25-14-5-4-13-22(25)24-18-23(19-9-2-1-3-10-19)29-27(30-24)20-11-8-12-21(17-20)32-26-15-6-7-16-28-26/h1-18,31H. The van der Waals surface area contributed by atoms with E-state index >= 15 is 0 Å². The molecule has 0 radical (unpaired) electrons. The van der Waals surface area contributed by atoms with E-state index in [1.807, 2.05) is 84.9 Å². The topological polar surface area (TPSA) is 68.1 Å². The van der Waals surface area contributed by atoms with Gasteiger partial charge in [0.25, 0.3) is 0 Å². The maximum Gasteiger partial charge on any atom is 0.219 e. The van der Waals surface area contributed by atoms with E-state index in [1.54, 1.807) is 24.4 Å². The fourth-order valence-electron chi connectivity index (χ4n) is 3.39. The summed E-state index contributed by atoms with van der Waals surface area (Å²) in [7, 11) is 0. The molecule has 0 fully saturated rings. The van der Waals surface area contributed by atoms with Gasteiger partial charge in [0, 0.05) is 29.0 Å². The van der Waals surface area contributed by atoms with Crippen molar-refractivity contribution in [3.05, 3.63) is 109 Å². The molecule has 5 nitrogen and oxygen atoms in total. The van der Waals surface area contributed by atoms with Gasteiger partial charge in [-0.1, -0.05) is 60.7 Å². The number of nitrogens with zero attached hydrogens (tertiary/aromatic N) is 3. The van der Waals surface area contributed by atoms with Crippen LogP contribution in [-0.2, 0) is 0 Å². The zero-order chi connectivity index (χ0) is 21.8. The monoisotopic (exact) mass is 417 g/mol. The van der Waals surface area contributed by atoms with Crippen LogP contribution >= 0.6 is 0 Å². The van der Waals surface area contributed by atoms with Crippen molar-refractivity contribution in [3.8, 4) is 51.3 Å². The minimum Gasteiger partial charge on any atom is -0.507 e. The van der Waals surface area contributed by atoms with Gasteiger partial charge in [0.2, 0.25) is 5.88 Å². The van der Waals surface area contributed by atoms with Crippen LogP contribution in [0.5, 0.6) is 17.4 Å². The van der Waals surface area contributed by atoms with Gasteiger partial charge < -0.3 is 9.84 Å². The van der Waals surface area contributed by atoms with E-state index in [0.717, 1.165) is 16.8 Å². The number of hydrogen-bond acceptors (Lipinski definition) is 5. The van der Waals surface area contributed by atoms with Gasteiger partial charge in [0.05, 0.1) is 11.4 Å². The molecule has 0 saturated carbocycles. The predicted molar refractivity (Wildman–Crippen MR) is 124 cm³/mol. The molecule has 0 spiro atoms. The fraction of sp³-hybridized carbons (Fsp3) is 0. The molecule has 5 aromatic rings. The first kappa shape index (κ1) is 19.5. The highest BCUT2D eigenvalue weighted by molar-refractivity contribution is 5.74. The fourth-order valence-corrected chi connectivity index (χ4v) is 3.39. The molecule has 2 aromatic heterocycles. The average molecular weight is 417 g/mol. The van der Waals surface area contributed by atoms with Gasteiger partial charge in [-0.25, -0.2) is 15.0 Å². The van der Waals surface area contributed by atoms with E-state index in [0.29, 0.717) is 28.7 Å². The van der Waals surface area contributed by atoms with Gasteiger partial charge in [0.15, 0.2) is 5.82 Å². The minimum atomic E-state index is 0.170. The van der Waals surface area contributed by atoms with Gasteiger partial charge in [-0.2, -0.15) is 0 Å². The molecule has 2 heterocycles. The van der Waals surface area contributed by atoms with Crippen LogP contribution in [-0.4, -0.2) is 20.1 Å². The van der Waals surface area contributed by atoms with E-state index in [4.69, 9.17) is 14.7 Å². The third-order valence-corrected chi connectivity index (χ3v) is 4.93. The van der Waals surface area contributed by atoms with Crippen molar-refractivity contribution in [3.63, 3.8) is 0 Å². The number of hydrogen-bond donors (Lipinski definition) is 1. The van der Waals surface area contributed by atoms with E-state index in [2.05, 4.69) is 4.98 Å². The second-order valence-electron chi connectivity index (χ2n) is 7.14. The van der Waals surface area contributed by atoms with Crippen molar-refractivity contribution < 1.29 is 9.84 Å². The first-order valence-corrected chi connectivity index (χ1v) is 10.2. The van der Waals surface area contributed by atoms with Crippen molar-refractivity contribution in [2.24, 2.45) is 0 Å². The largest absolute Gasteiger partial charge is 0.507 e. The summed E-state index contributed by atoms with van der Waals surface area (Å²) < 4.78 is 5.88. The van der Waals surface area contributed by atoms with Crippen molar-refractivity contribution in [1.82, 2.24) is 15.0 Å². The van der Waals surface area contributed by atoms with E-state index in [1.165, 1.54) is 0 Å². The smallest absolute Gasteiger partial charge is 0.219 e. The summed E-state index contributed by atoms with van der Waals surface area (Å²) >= 11 is 0. The van der Waals surface area contributed by atoms with Crippen LogP contribution in [0.3, 0.4) is 0 Å². The molecule has 0 amide bonds. The van der Waals surface area contributed by atoms with Crippen molar-refractivity contribution >= 4 is 0 Å². The Morgan fingerprint density at radius 2 is 1.38 bits per heavy atom. The third-order valence-electron chi connectivity index (χ3n) is 4.93. The van der Waals surface area contributed by atoms with Crippen LogP contribution in [0.4, 0.5) is 0 Å². The van der Waals surface area contributed by atoms with Crippen LogP contribution in [0, 0.1) is 0 Å². The van der Waals surface area contributed by atoms with Crippen LogP contribution < -0.4 is 4.74 Å². The summed E-state index contributed by atoms with van der Waals surface area (Å²) in [5, 5.41) is 10.4. The number of phenols is 1. The number of aromatic hydroxyl groups is 1. The first-order valence-electron chi connectivity index (χ1n) is 10.2. The quantitative estimate of drug-likeness (QED) is 0.360. The number of para-hydroxylation sites is 1. The highest BCUT2D eigenvalue weighted by Gasteiger charge is 2.13. The highest BCUT2D eigenvalue weighted by atomic mass is 16.5. The molecule has 5 heteroatoms. The maximum atomic E-state index is 10.4. The number of ether oxygens (including phenoxy) is 1. The molecular formula is C27H19N3O2. The molecular weight excluding hydrogens is 398 g/mol. The molecule has 1 N–H and O–H groups in total. The number of aromatic nitrogens is 3. The Morgan fingerprint density at radius 1 is 0.625 bits per heavy atom. The normalized spacial score (nSPS) is 10.6.